The fraction of sp³-hybridized carbons (Fsp3) is 0.538. The van der Waals surface area contributed by atoms with Crippen LogP contribution in [0.25, 0.3) is 0 Å². The van der Waals surface area contributed by atoms with Crippen LogP contribution in [0, 0.1) is 0 Å². The van der Waals surface area contributed by atoms with Crippen molar-refractivity contribution in [3.8, 4) is 0 Å². The Balaban J connectivity index is 2.46. The van der Waals surface area contributed by atoms with Crippen molar-refractivity contribution >= 4 is 0 Å². The van der Waals surface area contributed by atoms with Gasteiger partial charge in [0.05, 0.1) is 32.0 Å². The van der Waals surface area contributed by atoms with E-state index in [4.69, 9.17) is 9.84 Å². The fourth-order valence-corrected chi connectivity index (χ4v) is 1.62. The number of hydrogen-bond donors (Lipinski definition) is 3. The number of aliphatic hydroxyl groups excluding tert-OH is 2. The zero-order chi connectivity index (χ0) is 12.6. The maximum absolute atomic E-state index is 9.50. The molecule has 0 aliphatic rings. The van der Waals surface area contributed by atoms with E-state index in [1.807, 2.05) is 37.3 Å². The van der Waals surface area contributed by atoms with Crippen molar-refractivity contribution in [3.05, 3.63) is 35.9 Å². The van der Waals surface area contributed by atoms with Crippen LogP contribution >= 0.6 is 0 Å². The lowest BCUT2D eigenvalue weighted by atomic mass is 9.93. The highest BCUT2D eigenvalue weighted by Gasteiger charge is 2.24. The number of rotatable bonds is 8. The molecule has 1 atom stereocenters. The fourth-order valence-electron chi connectivity index (χ4n) is 1.62. The molecule has 0 radical (unpaired) electrons. The van der Waals surface area contributed by atoms with Crippen LogP contribution in [0.3, 0.4) is 0 Å². The Bertz CT molecular complexity index is 305. The van der Waals surface area contributed by atoms with E-state index in [2.05, 4.69) is 5.32 Å². The Kier molecular flexibility index (Phi) is 6.15. The van der Waals surface area contributed by atoms with Crippen molar-refractivity contribution in [1.29, 1.82) is 0 Å². The van der Waals surface area contributed by atoms with Gasteiger partial charge >= 0.3 is 0 Å². The zero-order valence-electron chi connectivity index (χ0n) is 10.2. The minimum absolute atomic E-state index is 0.0248. The lowest BCUT2D eigenvalue weighted by molar-refractivity contribution is 0.0845. The second kappa shape index (κ2) is 7.40. The minimum Gasteiger partial charge on any atom is -0.394 e. The Hall–Kier alpha value is -0.940. The molecule has 17 heavy (non-hydrogen) atoms. The van der Waals surface area contributed by atoms with E-state index in [1.54, 1.807) is 0 Å². The van der Waals surface area contributed by atoms with Crippen LogP contribution in [-0.2, 0) is 10.3 Å². The van der Waals surface area contributed by atoms with Gasteiger partial charge in [0.2, 0.25) is 0 Å². The second-order valence-electron chi connectivity index (χ2n) is 4.12. The van der Waals surface area contributed by atoms with Gasteiger partial charge in [-0.2, -0.15) is 0 Å². The van der Waals surface area contributed by atoms with Gasteiger partial charge in [-0.3, -0.25) is 0 Å². The van der Waals surface area contributed by atoms with E-state index >= 15 is 0 Å². The first-order valence-corrected chi connectivity index (χ1v) is 5.83. The largest absolute Gasteiger partial charge is 0.394 e. The standard InChI is InChI=1S/C13H21NO3/c1-13(11-16,12-5-3-2-4-6-12)14-7-9-17-10-8-15/h2-6,14-16H,7-11H2,1H3. The minimum atomic E-state index is -0.455. The first-order chi connectivity index (χ1) is 8.23. The third-order valence-corrected chi connectivity index (χ3v) is 2.72. The lowest BCUT2D eigenvalue weighted by Gasteiger charge is -2.29. The summed E-state index contributed by atoms with van der Waals surface area (Å²) in [6, 6.07) is 9.82. The summed E-state index contributed by atoms with van der Waals surface area (Å²) in [7, 11) is 0. The summed E-state index contributed by atoms with van der Waals surface area (Å²) in [6.45, 7) is 3.51. The molecule has 0 heterocycles. The van der Waals surface area contributed by atoms with Gasteiger partial charge < -0.3 is 20.3 Å². The molecule has 4 nitrogen and oxygen atoms in total. The van der Waals surface area contributed by atoms with Crippen LogP contribution in [0.5, 0.6) is 0 Å². The predicted octanol–water partition coefficient (Wildman–Crippen LogP) is 0.493. The summed E-state index contributed by atoms with van der Waals surface area (Å²) in [5.74, 6) is 0. The first kappa shape index (κ1) is 14.1. The quantitative estimate of drug-likeness (QED) is 0.578. The molecule has 0 bridgehead atoms. The molecule has 0 spiro atoms. The molecule has 0 saturated heterocycles. The van der Waals surface area contributed by atoms with Crippen molar-refractivity contribution < 1.29 is 14.9 Å². The van der Waals surface area contributed by atoms with Crippen LogP contribution in [0.1, 0.15) is 12.5 Å². The zero-order valence-corrected chi connectivity index (χ0v) is 10.2. The Morgan fingerprint density at radius 3 is 2.47 bits per heavy atom. The average molecular weight is 239 g/mol. The Morgan fingerprint density at radius 1 is 1.18 bits per heavy atom. The second-order valence-corrected chi connectivity index (χ2v) is 4.12. The Morgan fingerprint density at radius 2 is 1.88 bits per heavy atom. The third kappa shape index (κ3) is 4.44. The molecule has 1 rings (SSSR count). The van der Waals surface area contributed by atoms with Gasteiger partial charge in [-0.05, 0) is 12.5 Å². The van der Waals surface area contributed by atoms with E-state index in [0.717, 1.165) is 5.56 Å². The maximum Gasteiger partial charge on any atom is 0.0698 e. The summed E-state index contributed by atoms with van der Waals surface area (Å²) < 4.78 is 5.16. The van der Waals surface area contributed by atoms with Crippen molar-refractivity contribution in [1.82, 2.24) is 5.32 Å². The monoisotopic (exact) mass is 239 g/mol. The predicted molar refractivity (Wildman–Crippen MR) is 66.8 cm³/mol. The van der Waals surface area contributed by atoms with Crippen LogP contribution in [0.2, 0.25) is 0 Å². The van der Waals surface area contributed by atoms with E-state index < -0.39 is 5.54 Å². The van der Waals surface area contributed by atoms with Gasteiger partial charge in [-0.15, -0.1) is 0 Å². The van der Waals surface area contributed by atoms with Crippen molar-refractivity contribution in [2.24, 2.45) is 0 Å². The summed E-state index contributed by atoms with van der Waals surface area (Å²) >= 11 is 0. The van der Waals surface area contributed by atoms with E-state index in [1.165, 1.54) is 0 Å². The van der Waals surface area contributed by atoms with Gasteiger partial charge in [0.1, 0.15) is 0 Å². The average Bonchev–Trinajstić information content (AvgIpc) is 2.39. The summed E-state index contributed by atoms with van der Waals surface area (Å²) in [5, 5.41) is 21.3. The van der Waals surface area contributed by atoms with E-state index in [0.29, 0.717) is 19.8 Å². The SMILES string of the molecule is CC(CO)(NCCOCCO)c1ccccc1. The number of aliphatic hydroxyl groups is 2. The normalized spacial score (nSPS) is 14.5. The third-order valence-electron chi connectivity index (χ3n) is 2.72. The highest BCUT2D eigenvalue weighted by atomic mass is 16.5. The van der Waals surface area contributed by atoms with Gasteiger partial charge in [-0.25, -0.2) is 0 Å². The van der Waals surface area contributed by atoms with E-state index in [9.17, 15) is 5.11 Å². The smallest absolute Gasteiger partial charge is 0.0698 e. The summed E-state index contributed by atoms with van der Waals surface area (Å²) in [6.07, 6.45) is 0. The number of benzene rings is 1. The van der Waals surface area contributed by atoms with Gasteiger partial charge in [0, 0.05) is 6.54 Å². The molecular weight excluding hydrogens is 218 g/mol. The highest BCUT2D eigenvalue weighted by Crippen LogP contribution is 2.19. The van der Waals surface area contributed by atoms with Crippen molar-refractivity contribution in [2.75, 3.05) is 33.0 Å². The van der Waals surface area contributed by atoms with Crippen LogP contribution in [0.15, 0.2) is 30.3 Å². The highest BCUT2D eigenvalue weighted by molar-refractivity contribution is 5.23. The summed E-state index contributed by atoms with van der Waals surface area (Å²) in [4.78, 5) is 0. The van der Waals surface area contributed by atoms with E-state index in [-0.39, 0.29) is 13.2 Å². The topological polar surface area (TPSA) is 61.7 Å². The van der Waals surface area contributed by atoms with Gasteiger partial charge in [0.25, 0.3) is 0 Å². The molecule has 0 amide bonds. The number of ether oxygens (including phenoxy) is 1. The molecule has 1 aromatic carbocycles. The van der Waals surface area contributed by atoms with Crippen molar-refractivity contribution in [3.63, 3.8) is 0 Å². The molecule has 4 heteroatoms. The molecule has 0 fully saturated rings. The number of nitrogens with one attached hydrogen (secondary N) is 1. The van der Waals surface area contributed by atoms with Crippen LogP contribution in [0.4, 0.5) is 0 Å². The Labute approximate surface area is 102 Å². The molecule has 96 valence electrons. The lowest BCUT2D eigenvalue weighted by Crippen LogP contribution is -2.44. The van der Waals surface area contributed by atoms with Crippen molar-refractivity contribution in [2.45, 2.75) is 12.5 Å². The first-order valence-electron chi connectivity index (χ1n) is 5.83. The van der Waals surface area contributed by atoms with Crippen LogP contribution in [-0.4, -0.2) is 43.2 Å². The number of hydrogen-bond acceptors (Lipinski definition) is 4. The summed E-state index contributed by atoms with van der Waals surface area (Å²) in [5.41, 5.74) is 0.591. The molecule has 3 N–H and O–H groups in total. The molecule has 0 aliphatic carbocycles. The molecule has 0 aromatic heterocycles. The molecule has 0 saturated carbocycles. The van der Waals surface area contributed by atoms with Gasteiger partial charge in [-0.1, -0.05) is 30.3 Å². The molecule has 1 unspecified atom stereocenters. The molecule has 1 aromatic rings. The molecular formula is C13H21NO3. The van der Waals surface area contributed by atoms with Gasteiger partial charge in [0.15, 0.2) is 0 Å². The maximum atomic E-state index is 9.50. The van der Waals surface area contributed by atoms with Crippen LogP contribution < -0.4 is 5.32 Å². The molecule has 0 aliphatic heterocycles.